The second-order valence-electron chi connectivity index (χ2n) is 7.73. The van der Waals surface area contributed by atoms with Gasteiger partial charge in [0.2, 0.25) is 0 Å². The lowest BCUT2D eigenvalue weighted by Crippen LogP contribution is -2.45. The van der Waals surface area contributed by atoms with Crippen molar-refractivity contribution in [2.24, 2.45) is 42.4 Å². The highest BCUT2D eigenvalue weighted by Gasteiger charge is 2.47. The van der Waals surface area contributed by atoms with E-state index in [0.29, 0.717) is 0 Å². The number of hydrogen-bond donors (Lipinski definition) is 1. The molecule has 1 aromatic rings. The molecule has 0 spiro atoms. The molecular weight excluding hydrogens is 246 g/mol. The molecule has 4 bridgehead atoms. The normalized spacial score (nSPS) is 40.2. The zero-order valence-electron chi connectivity index (χ0n) is 12.5. The fourth-order valence-electron chi connectivity index (χ4n) is 5.68. The summed E-state index contributed by atoms with van der Waals surface area (Å²) in [5, 5.41) is 4.24. The third-order valence-electron chi connectivity index (χ3n) is 6.39. The maximum absolute atomic E-state index is 6.36. The average molecular weight is 273 g/mol. The molecule has 0 radical (unpaired) electrons. The van der Waals surface area contributed by atoms with Crippen LogP contribution in [-0.2, 0) is 7.05 Å². The smallest absolute Gasteiger partial charge is 0.0537 e. The minimum atomic E-state index is 0.181. The number of hydrogen-bond acceptors (Lipinski definition) is 2. The molecule has 1 aromatic heterocycles. The maximum Gasteiger partial charge on any atom is 0.0537 e. The van der Waals surface area contributed by atoms with E-state index in [1.807, 2.05) is 17.9 Å². The maximum atomic E-state index is 6.36. The van der Waals surface area contributed by atoms with E-state index in [-0.39, 0.29) is 6.04 Å². The molecule has 2 N–H and O–H groups in total. The van der Waals surface area contributed by atoms with Crippen molar-refractivity contribution in [3.63, 3.8) is 0 Å². The van der Waals surface area contributed by atoms with Crippen LogP contribution in [0.5, 0.6) is 0 Å². The van der Waals surface area contributed by atoms with Crippen LogP contribution >= 0.6 is 0 Å². The Labute approximate surface area is 121 Å². The predicted molar refractivity (Wildman–Crippen MR) is 79.9 cm³/mol. The van der Waals surface area contributed by atoms with Crippen molar-refractivity contribution >= 4 is 0 Å². The summed E-state index contributed by atoms with van der Waals surface area (Å²) in [6.45, 7) is 0. The van der Waals surface area contributed by atoms with Gasteiger partial charge in [0.05, 0.1) is 6.20 Å². The summed E-state index contributed by atoms with van der Waals surface area (Å²) < 4.78 is 1.86. The SMILES string of the molecule is Cn1cc(C(N)CCC2C3CC4CC(C3)CC2C4)cn1. The van der Waals surface area contributed by atoms with Crippen molar-refractivity contribution in [1.29, 1.82) is 0 Å². The van der Waals surface area contributed by atoms with Crippen LogP contribution < -0.4 is 5.73 Å². The van der Waals surface area contributed by atoms with E-state index >= 15 is 0 Å². The van der Waals surface area contributed by atoms with Gasteiger partial charge in [-0.05, 0) is 74.5 Å². The van der Waals surface area contributed by atoms with Gasteiger partial charge in [-0.2, -0.15) is 5.10 Å². The van der Waals surface area contributed by atoms with Crippen LogP contribution in [0.2, 0.25) is 0 Å². The molecule has 4 saturated carbocycles. The average Bonchev–Trinajstić information content (AvgIpc) is 2.83. The van der Waals surface area contributed by atoms with Crippen LogP contribution in [-0.4, -0.2) is 9.78 Å². The number of rotatable bonds is 4. The molecule has 20 heavy (non-hydrogen) atoms. The lowest BCUT2D eigenvalue weighted by molar-refractivity contribution is -0.0408. The molecule has 0 aliphatic heterocycles. The number of nitrogens with zero attached hydrogens (tertiary/aromatic N) is 2. The highest BCUT2D eigenvalue weighted by Crippen LogP contribution is 2.57. The van der Waals surface area contributed by atoms with Crippen molar-refractivity contribution in [2.75, 3.05) is 0 Å². The van der Waals surface area contributed by atoms with Gasteiger partial charge in [-0.1, -0.05) is 0 Å². The van der Waals surface area contributed by atoms with E-state index in [9.17, 15) is 0 Å². The Hall–Kier alpha value is -0.830. The Kier molecular flexibility index (Phi) is 3.13. The molecule has 4 aliphatic rings. The lowest BCUT2D eigenvalue weighted by atomic mass is 9.51. The van der Waals surface area contributed by atoms with Gasteiger partial charge in [-0.15, -0.1) is 0 Å². The summed E-state index contributed by atoms with van der Waals surface area (Å²) in [6.07, 6.45) is 14.1. The number of aryl methyl sites for hydroxylation is 1. The van der Waals surface area contributed by atoms with Gasteiger partial charge in [-0.3, -0.25) is 4.68 Å². The quantitative estimate of drug-likeness (QED) is 0.915. The fraction of sp³-hybridized carbons (Fsp3) is 0.824. The fourth-order valence-corrected chi connectivity index (χ4v) is 5.68. The van der Waals surface area contributed by atoms with Gasteiger partial charge in [0.15, 0.2) is 0 Å². The summed E-state index contributed by atoms with van der Waals surface area (Å²) in [5.74, 6) is 5.21. The first-order valence-corrected chi connectivity index (χ1v) is 8.43. The Morgan fingerprint density at radius 1 is 1.20 bits per heavy atom. The highest BCUT2D eigenvalue weighted by molar-refractivity contribution is 5.09. The second kappa shape index (κ2) is 4.87. The van der Waals surface area contributed by atoms with Gasteiger partial charge in [-0.25, -0.2) is 0 Å². The van der Waals surface area contributed by atoms with Crippen molar-refractivity contribution in [3.05, 3.63) is 18.0 Å². The first-order valence-electron chi connectivity index (χ1n) is 8.43. The molecule has 0 aromatic carbocycles. The summed E-state index contributed by atoms with van der Waals surface area (Å²) in [7, 11) is 1.97. The molecule has 1 atom stereocenters. The molecule has 1 unspecified atom stereocenters. The van der Waals surface area contributed by atoms with Crippen LogP contribution in [0.3, 0.4) is 0 Å². The van der Waals surface area contributed by atoms with E-state index in [4.69, 9.17) is 5.73 Å². The topological polar surface area (TPSA) is 43.8 Å². The second-order valence-corrected chi connectivity index (χ2v) is 7.73. The minimum Gasteiger partial charge on any atom is -0.324 e. The molecule has 0 saturated heterocycles. The largest absolute Gasteiger partial charge is 0.324 e. The molecule has 110 valence electrons. The van der Waals surface area contributed by atoms with Gasteiger partial charge >= 0.3 is 0 Å². The molecule has 4 fully saturated rings. The van der Waals surface area contributed by atoms with Gasteiger partial charge in [0.1, 0.15) is 0 Å². The van der Waals surface area contributed by atoms with Crippen molar-refractivity contribution in [3.8, 4) is 0 Å². The van der Waals surface area contributed by atoms with Gasteiger partial charge in [0.25, 0.3) is 0 Å². The molecule has 4 aliphatic carbocycles. The Morgan fingerprint density at radius 2 is 1.85 bits per heavy atom. The van der Waals surface area contributed by atoms with Crippen molar-refractivity contribution < 1.29 is 0 Å². The monoisotopic (exact) mass is 273 g/mol. The van der Waals surface area contributed by atoms with Crippen LogP contribution in [0, 0.1) is 29.6 Å². The first kappa shape index (κ1) is 12.9. The molecule has 0 amide bonds. The molecule has 1 heterocycles. The summed E-state index contributed by atoms with van der Waals surface area (Å²) in [6, 6.07) is 0.181. The van der Waals surface area contributed by atoms with Crippen LogP contribution in [0.25, 0.3) is 0 Å². The standard InChI is InChI=1S/C17H27N3/c1-20-10-15(9-19-20)17(18)3-2-16-13-5-11-4-12(7-13)8-14(16)6-11/h9-14,16-17H,2-8,18H2,1H3. The van der Waals surface area contributed by atoms with E-state index in [1.165, 1.54) is 37.7 Å². The lowest BCUT2D eigenvalue weighted by Gasteiger charge is -2.54. The van der Waals surface area contributed by atoms with E-state index < -0.39 is 0 Å². The first-order chi connectivity index (χ1) is 9.69. The van der Waals surface area contributed by atoms with Crippen LogP contribution in [0.1, 0.15) is 56.6 Å². The van der Waals surface area contributed by atoms with Crippen LogP contribution in [0.15, 0.2) is 12.4 Å². The van der Waals surface area contributed by atoms with Crippen LogP contribution in [0.4, 0.5) is 0 Å². The summed E-state index contributed by atoms with van der Waals surface area (Å²) in [5.41, 5.74) is 7.56. The molecule has 3 heteroatoms. The predicted octanol–water partition coefficient (Wildman–Crippen LogP) is 3.27. The van der Waals surface area contributed by atoms with Crippen molar-refractivity contribution in [2.45, 2.75) is 51.0 Å². The highest BCUT2D eigenvalue weighted by atomic mass is 15.2. The Balaban J connectivity index is 1.38. The zero-order valence-corrected chi connectivity index (χ0v) is 12.5. The van der Waals surface area contributed by atoms with Gasteiger partial charge < -0.3 is 5.73 Å². The minimum absolute atomic E-state index is 0.181. The van der Waals surface area contributed by atoms with Gasteiger partial charge in [0, 0.05) is 24.8 Å². The Bertz CT molecular complexity index is 450. The summed E-state index contributed by atoms with van der Waals surface area (Å²) in [4.78, 5) is 0. The third-order valence-corrected chi connectivity index (χ3v) is 6.39. The summed E-state index contributed by atoms with van der Waals surface area (Å²) >= 11 is 0. The molecule has 3 nitrogen and oxygen atoms in total. The van der Waals surface area contributed by atoms with E-state index in [0.717, 1.165) is 36.0 Å². The zero-order chi connectivity index (χ0) is 13.7. The number of aromatic nitrogens is 2. The van der Waals surface area contributed by atoms with E-state index in [2.05, 4.69) is 11.3 Å². The molecular formula is C17H27N3. The van der Waals surface area contributed by atoms with E-state index in [1.54, 1.807) is 6.42 Å². The molecule has 5 rings (SSSR count). The Morgan fingerprint density at radius 3 is 2.40 bits per heavy atom. The number of nitrogens with two attached hydrogens (primary N) is 1. The van der Waals surface area contributed by atoms with Crippen molar-refractivity contribution in [1.82, 2.24) is 9.78 Å². The third kappa shape index (κ3) is 2.20.